The van der Waals surface area contributed by atoms with E-state index >= 15 is 0 Å². The van der Waals surface area contributed by atoms with E-state index < -0.39 is 0 Å². The van der Waals surface area contributed by atoms with Gasteiger partial charge in [0.05, 0.1) is 10.2 Å². The monoisotopic (exact) mass is 270 g/mol. The van der Waals surface area contributed by atoms with Gasteiger partial charge in [0.1, 0.15) is 16.5 Å². The molecule has 1 aromatic carbocycles. The molecule has 0 fully saturated rings. The van der Waals surface area contributed by atoms with Crippen molar-refractivity contribution in [2.45, 2.75) is 0 Å². The van der Waals surface area contributed by atoms with Gasteiger partial charge in [-0.2, -0.15) is 0 Å². The number of nitrogens with zero attached hydrogens (tertiary/aromatic N) is 3. The quantitative estimate of drug-likeness (QED) is 0.777. The van der Waals surface area contributed by atoms with Crippen LogP contribution in [0.4, 0.5) is 11.5 Å². The highest BCUT2D eigenvalue weighted by Gasteiger charge is 2.08. The Kier molecular flexibility index (Phi) is 2.83. The van der Waals surface area contributed by atoms with E-state index in [9.17, 15) is 0 Å². The van der Waals surface area contributed by atoms with Gasteiger partial charge in [-0.3, -0.25) is 0 Å². The van der Waals surface area contributed by atoms with Crippen molar-refractivity contribution in [2.24, 2.45) is 0 Å². The van der Waals surface area contributed by atoms with Crippen LogP contribution in [0, 0.1) is 0 Å². The molecule has 0 aliphatic rings. The van der Waals surface area contributed by atoms with E-state index in [1.54, 1.807) is 17.4 Å². The van der Waals surface area contributed by atoms with E-state index in [-0.39, 0.29) is 0 Å². The van der Waals surface area contributed by atoms with Crippen molar-refractivity contribution in [1.82, 2.24) is 9.97 Å². The Bertz CT molecular complexity index is 733. The second-order valence-corrected chi connectivity index (χ2v) is 5.54. The standard InChI is InChI=1S/C14H14N4S/c1-18(2)9-6-7-12-11(8-9)17-14(19-12)10-4-3-5-13(15)16-10/h3-8H,1-2H3,(H2,15,16). The van der Waals surface area contributed by atoms with Crippen LogP contribution in [0.25, 0.3) is 20.9 Å². The topological polar surface area (TPSA) is 55.0 Å². The first kappa shape index (κ1) is 11.9. The van der Waals surface area contributed by atoms with E-state index in [0.29, 0.717) is 5.82 Å². The van der Waals surface area contributed by atoms with Crippen molar-refractivity contribution in [1.29, 1.82) is 0 Å². The SMILES string of the molecule is CN(C)c1ccc2sc(-c3cccc(N)n3)nc2c1. The van der Waals surface area contributed by atoms with Crippen molar-refractivity contribution in [3.05, 3.63) is 36.4 Å². The van der Waals surface area contributed by atoms with Gasteiger partial charge in [0, 0.05) is 19.8 Å². The minimum absolute atomic E-state index is 0.519. The number of hydrogen-bond donors (Lipinski definition) is 1. The van der Waals surface area contributed by atoms with Crippen LogP contribution in [0.1, 0.15) is 0 Å². The van der Waals surface area contributed by atoms with Gasteiger partial charge in [0.2, 0.25) is 0 Å². The van der Waals surface area contributed by atoms with E-state index in [1.807, 2.05) is 26.2 Å². The van der Waals surface area contributed by atoms with E-state index in [0.717, 1.165) is 26.6 Å². The summed E-state index contributed by atoms with van der Waals surface area (Å²) in [5.41, 5.74) is 8.68. The van der Waals surface area contributed by atoms with Crippen LogP contribution in [0.15, 0.2) is 36.4 Å². The highest BCUT2D eigenvalue weighted by molar-refractivity contribution is 7.21. The molecule has 0 aliphatic heterocycles. The Morgan fingerprint density at radius 3 is 2.68 bits per heavy atom. The van der Waals surface area contributed by atoms with Crippen molar-refractivity contribution >= 4 is 33.1 Å². The van der Waals surface area contributed by atoms with Crippen LogP contribution >= 0.6 is 11.3 Å². The number of hydrogen-bond acceptors (Lipinski definition) is 5. The number of thiazole rings is 1. The molecular formula is C14H14N4S. The van der Waals surface area contributed by atoms with Gasteiger partial charge in [0.15, 0.2) is 0 Å². The zero-order valence-electron chi connectivity index (χ0n) is 10.8. The minimum Gasteiger partial charge on any atom is -0.384 e. The van der Waals surface area contributed by atoms with Crippen molar-refractivity contribution in [3.63, 3.8) is 0 Å². The molecule has 2 aromatic heterocycles. The highest BCUT2D eigenvalue weighted by atomic mass is 32.1. The maximum absolute atomic E-state index is 5.71. The molecule has 0 amide bonds. The third-order valence-corrected chi connectivity index (χ3v) is 3.94. The molecule has 4 nitrogen and oxygen atoms in total. The summed E-state index contributed by atoms with van der Waals surface area (Å²) in [4.78, 5) is 11.0. The normalized spacial score (nSPS) is 10.8. The predicted molar refractivity (Wildman–Crippen MR) is 81.6 cm³/mol. The molecule has 96 valence electrons. The first-order chi connectivity index (χ1) is 9.13. The molecule has 3 aromatic rings. The average molecular weight is 270 g/mol. The summed E-state index contributed by atoms with van der Waals surface area (Å²) < 4.78 is 1.16. The Hall–Kier alpha value is -2.14. The molecule has 0 unspecified atom stereocenters. The predicted octanol–water partition coefficient (Wildman–Crippen LogP) is 3.01. The molecule has 0 saturated heterocycles. The zero-order valence-corrected chi connectivity index (χ0v) is 11.6. The smallest absolute Gasteiger partial charge is 0.143 e. The van der Waals surface area contributed by atoms with E-state index in [2.05, 4.69) is 33.1 Å². The lowest BCUT2D eigenvalue weighted by Crippen LogP contribution is -2.07. The second-order valence-electron chi connectivity index (χ2n) is 4.51. The third-order valence-electron chi connectivity index (χ3n) is 2.88. The summed E-state index contributed by atoms with van der Waals surface area (Å²) in [7, 11) is 4.04. The summed E-state index contributed by atoms with van der Waals surface area (Å²) in [5, 5.41) is 0.901. The van der Waals surface area contributed by atoms with E-state index in [1.165, 1.54) is 0 Å². The first-order valence-corrected chi connectivity index (χ1v) is 6.76. The number of nitrogens with two attached hydrogens (primary N) is 1. The molecule has 19 heavy (non-hydrogen) atoms. The number of benzene rings is 1. The minimum atomic E-state index is 0.519. The third kappa shape index (κ3) is 2.24. The fourth-order valence-corrected chi connectivity index (χ4v) is 2.79. The van der Waals surface area contributed by atoms with Crippen LogP contribution in [0.5, 0.6) is 0 Å². The molecule has 2 heterocycles. The summed E-state index contributed by atoms with van der Waals surface area (Å²) in [6, 6.07) is 11.9. The van der Waals surface area contributed by atoms with Gasteiger partial charge >= 0.3 is 0 Å². The van der Waals surface area contributed by atoms with Crippen LogP contribution < -0.4 is 10.6 Å². The zero-order chi connectivity index (χ0) is 13.4. The maximum atomic E-state index is 5.71. The molecular weight excluding hydrogens is 256 g/mol. The van der Waals surface area contributed by atoms with E-state index in [4.69, 9.17) is 5.73 Å². The molecule has 0 aliphatic carbocycles. The fraction of sp³-hybridized carbons (Fsp3) is 0.143. The van der Waals surface area contributed by atoms with Crippen molar-refractivity contribution in [2.75, 3.05) is 24.7 Å². The number of rotatable bonds is 2. The summed E-state index contributed by atoms with van der Waals surface area (Å²) in [6.07, 6.45) is 0. The van der Waals surface area contributed by atoms with Crippen LogP contribution in [0.2, 0.25) is 0 Å². The number of aromatic nitrogens is 2. The van der Waals surface area contributed by atoms with Crippen LogP contribution in [0.3, 0.4) is 0 Å². The average Bonchev–Trinajstić information content (AvgIpc) is 2.81. The van der Waals surface area contributed by atoms with Gasteiger partial charge in [-0.15, -0.1) is 11.3 Å². The maximum Gasteiger partial charge on any atom is 0.143 e. The molecule has 0 atom stereocenters. The molecule has 0 saturated carbocycles. The van der Waals surface area contributed by atoms with Gasteiger partial charge in [0.25, 0.3) is 0 Å². The Morgan fingerprint density at radius 2 is 1.95 bits per heavy atom. The highest BCUT2D eigenvalue weighted by Crippen LogP contribution is 2.31. The largest absolute Gasteiger partial charge is 0.384 e. The number of pyridine rings is 1. The summed E-state index contributed by atoms with van der Waals surface area (Å²) in [6.45, 7) is 0. The molecule has 5 heteroatoms. The Balaban J connectivity index is 2.11. The first-order valence-electron chi connectivity index (χ1n) is 5.94. The molecule has 0 bridgehead atoms. The molecule has 2 N–H and O–H groups in total. The lowest BCUT2D eigenvalue weighted by molar-refractivity contribution is 1.13. The van der Waals surface area contributed by atoms with Crippen LogP contribution in [-0.2, 0) is 0 Å². The molecule has 0 radical (unpaired) electrons. The molecule has 3 rings (SSSR count). The second kappa shape index (κ2) is 4.51. The Morgan fingerprint density at radius 1 is 1.11 bits per heavy atom. The molecule has 0 spiro atoms. The summed E-state index contributed by atoms with van der Waals surface area (Å²) >= 11 is 1.63. The van der Waals surface area contributed by atoms with Crippen molar-refractivity contribution in [3.8, 4) is 10.7 Å². The fourth-order valence-electron chi connectivity index (χ4n) is 1.87. The number of fused-ring (bicyclic) bond motifs is 1. The number of anilines is 2. The Labute approximate surface area is 115 Å². The van der Waals surface area contributed by atoms with Gasteiger partial charge in [-0.1, -0.05) is 6.07 Å². The van der Waals surface area contributed by atoms with Gasteiger partial charge in [-0.05, 0) is 30.3 Å². The van der Waals surface area contributed by atoms with Gasteiger partial charge in [-0.25, -0.2) is 9.97 Å². The van der Waals surface area contributed by atoms with Crippen molar-refractivity contribution < 1.29 is 0 Å². The number of nitrogen functional groups attached to an aromatic ring is 1. The lowest BCUT2D eigenvalue weighted by Gasteiger charge is -2.11. The lowest BCUT2D eigenvalue weighted by atomic mass is 10.3. The van der Waals surface area contributed by atoms with Crippen LogP contribution in [-0.4, -0.2) is 24.1 Å². The summed E-state index contributed by atoms with van der Waals surface area (Å²) in [5.74, 6) is 0.519. The van der Waals surface area contributed by atoms with Gasteiger partial charge < -0.3 is 10.6 Å².